The maximum absolute atomic E-state index is 10.9. The molecule has 100 valence electrons. The molecule has 1 N–H and O–H groups in total. The fourth-order valence-electron chi connectivity index (χ4n) is 2.00. The summed E-state index contributed by atoms with van der Waals surface area (Å²) in [7, 11) is 0. The molecule has 0 bridgehead atoms. The van der Waals surface area contributed by atoms with E-state index in [1.807, 2.05) is 6.07 Å². The van der Waals surface area contributed by atoms with E-state index in [1.54, 1.807) is 31.3 Å². The molecule has 3 rings (SSSR count). The topological polar surface area (TPSA) is 80.9 Å². The zero-order valence-corrected chi connectivity index (χ0v) is 11.2. The van der Waals surface area contributed by atoms with Crippen molar-refractivity contribution >= 4 is 28.5 Å². The Morgan fingerprint density at radius 3 is 2.85 bits per heavy atom. The molecule has 0 atom stereocenters. The van der Waals surface area contributed by atoms with Crippen LogP contribution in [0.2, 0.25) is 5.02 Å². The third-order valence-electron chi connectivity index (χ3n) is 2.88. The first-order valence-electron chi connectivity index (χ1n) is 5.78. The standard InChI is InChI=1S/C13H9ClN4O2/c1-7-16-12(13(19)20)17-18(7)10-5-4-9(14)8-3-2-6-15-11(8)10/h2-6H,1H3,(H,19,20). The highest BCUT2D eigenvalue weighted by Gasteiger charge is 2.16. The van der Waals surface area contributed by atoms with Crippen LogP contribution in [-0.2, 0) is 0 Å². The van der Waals surface area contributed by atoms with Crippen LogP contribution in [0.25, 0.3) is 16.6 Å². The van der Waals surface area contributed by atoms with Gasteiger partial charge in [-0.2, -0.15) is 0 Å². The van der Waals surface area contributed by atoms with Gasteiger partial charge in [-0.15, -0.1) is 5.10 Å². The van der Waals surface area contributed by atoms with Crippen molar-refractivity contribution in [3.05, 3.63) is 47.1 Å². The van der Waals surface area contributed by atoms with Gasteiger partial charge in [0.05, 0.1) is 16.2 Å². The number of carbonyl (C=O) groups is 1. The summed E-state index contributed by atoms with van der Waals surface area (Å²) in [5.41, 5.74) is 1.28. The quantitative estimate of drug-likeness (QED) is 0.783. The lowest BCUT2D eigenvalue weighted by Crippen LogP contribution is -2.03. The van der Waals surface area contributed by atoms with Gasteiger partial charge < -0.3 is 5.11 Å². The van der Waals surface area contributed by atoms with Crippen LogP contribution in [-0.4, -0.2) is 30.8 Å². The molecule has 0 spiro atoms. The van der Waals surface area contributed by atoms with Crippen LogP contribution < -0.4 is 0 Å². The van der Waals surface area contributed by atoms with E-state index in [9.17, 15) is 4.79 Å². The summed E-state index contributed by atoms with van der Waals surface area (Å²) >= 11 is 6.13. The smallest absolute Gasteiger partial charge is 0.375 e. The second kappa shape index (κ2) is 4.57. The number of carboxylic acids is 1. The van der Waals surface area contributed by atoms with E-state index in [4.69, 9.17) is 16.7 Å². The van der Waals surface area contributed by atoms with Gasteiger partial charge in [-0.25, -0.2) is 14.5 Å². The number of pyridine rings is 1. The monoisotopic (exact) mass is 288 g/mol. The molecular formula is C13H9ClN4O2. The molecule has 0 saturated heterocycles. The number of nitrogens with zero attached hydrogens (tertiary/aromatic N) is 4. The van der Waals surface area contributed by atoms with Gasteiger partial charge >= 0.3 is 5.97 Å². The summed E-state index contributed by atoms with van der Waals surface area (Å²) in [5.74, 6) is -0.948. The average molecular weight is 289 g/mol. The number of hydrogen-bond acceptors (Lipinski definition) is 4. The van der Waals surface area contributed by atoms with Crippen molar-refractivity contribution in [2.45, 2.75) is 6.92 Å². The van der Waals surface area contributed by atoms with Crippen LogP contribution in [0.1, 0.15) is 16.4 Å². The SMILES string of the molecule is Cc1nc(C(=O)O)nn1-c1ccc(Cl)c2cccnc12. The summed E-state index contributed by atoms with van der Waals surface area (Å²) in [5, 5.41) is 14.3. The lowest BCUT2D eigenvalue weighted by Gasteiger charge is -2.07. The highest BCUT2D eigenvalue weighted by atomic mass is 35.5. The van der Waals surface area contributed by atoms with Crippen LogP contribution in [0.3, 0.4) is 0 Å². The van der Waals surface area contributed by atoms with Crippen LogP contribution in [0, 0.1) is 6.92 Å². The predicted octanol–water partition coefficient (Wildman–Crippen LogP) is 2.48. The molecular weight excluding hydrogens is 280 g/mol. The molecule has 6 nitrogen and oxygen atoms in total. The Hall–Kier alpha value is -2.47. The van der Waals surface area contributed by atoms with Crippen molar-refractivity contribution in [2.24, 2.45) is 0 Å². The van der Waals surface area contributed by atoms with Gasteiger partial charge in [0, 0.05) is 11.6 Å². The molecule has 0 amide bonds. The highest BCUT2D eigenvalue weighted by molar-refractivity contribution is 6.35. The number of carboxylic acid groups (broad SMARTS) is 1. The van der Waals surface area contributed by atoms with E-state index < -0.39 is 5.97 Å². The number of aryl methyl sites for hydroxylation is 1. The van der Waals surface area contributed by atoms with Crippen molar-refractivity contribution in [1.29, 1.82) is 0 Å². The van der Waals surface area contributed by atoms with Gasteiger partial charge in [-0.3, -0.25) is 4.98 Å². The van der Waals surface area contributed by atoms with Gasteiger partial charge in [0.25, 0.3) is 5.82 Å². The number of hydrogen-bond donors (Lipinski definition) is 1. The Kier molecular flexibility index (Phi) is 2.87. The molecule has 0 unspecified atom stereocenters. The van der Waals surface area contributed by atoms with Crippen LogP contribution in [0.5, 0.6) is 0 Å². The predicted molar refractivity (Wildman–Crippen MR) is 73.4 cm³/mol. The maximum atomic E-state index is 10.9. The molecule has 3 aromatic rings. The molecule has 1 aromatic carbocycles. The molecule has 2 aromatic heterocycles. The zero-order valence-electron chi connectivity index (χ0n) is 10.4. The van der Waals surface area contributed by atoms with Crippen LogP contribution in [0.4, 0.5) is 0 Å². The first-order valence-corrected chi connectivity index (χ1v) is 6.16. The minimum Gasteiger partial charge on any atom is -0.475 e. The Labute approximate surface area is 118 Å². The molecule has 0 saturated carbocycles. The van der Waals surface area contributed by atoms with Gasteiger partial charge in [0.15, 0.2) is 0 Å². The van der Waals surface area contributed by atoms with E-state index in [-0.39, 0.29) is 5.82 Å². The van der Waals surface area contributed by atoms with Crippen LogP contribution >= 0.6 is 11.6 Å². The summed E-state index contributed by atoms with van der Waals surface area (Å²) < 4.78 is 1.45. The second-order valence-corrected chi connectivity index (χ2v) is 4.57. The van der Waals surface area contributed by atoms with E-state index in [1.165, 1.54) is 4.68 Å². The molecule has 0 aliphatic heterocycles. The normalized spacial score (nSPS) is 10.9. The number of rotatable bonds is 2. The minimum absolute atomic E-state index is 0.249. The first-order chi connectivity index (χ1) is 9.58. The molecule has 0 aliphatic rings. The first kappa shape index (κ1) is 12.6. The minimum atomic E-state index is -1.17. The number of benzene rings is 1. The number of fused-ring (bicyclic) bond motifs is 1. The summed E-state index contributed by atoms with van der Waals surface area (Å²) in [4.78, 5) is 19.1. The summed E-state index contributed by atoms with van der Waals surface area (Å²) in [6, 6.07) is 7.10. The van der Waals surface area contributed by atoms with Gasteiger partial charge in [0.2, 0.25) is 0 Å². The van der Waals surface area contributed by atoms with Crippen molar-refractivity contribution in [3.8, 4) is 5.69 Å². The van der Waals surface area contributed by atoms with E-state index in [2.05, 4.69) is 15.1 Å². The fourth-order valence-corrected chi connectivity index (χ4v) is 2.22. The Morgan fingerprint density at radius 1 is 1.35 bits per heavy atom. The van der Waals surface area contributed by atoms with Crippen molar-refractivity contribution in [1.82, 2.24) is 19.7 Å². The molecule has 2 heterocycles. The van der Waals surface area contributed by atoms with Crippen molar-refractivity contribution in [2.75, 3.05) is 0 Å². The fraction of sp³-hybridized carbons (Fsp3) is 0.0769. The summed E-state index contributed by atoms with van der Waals surface area (Å²) in [6.07, 6.45) is 1.65. The van der Waals surface area contributed by atoms with Gasteiger partial charge in [-0.05, 0) is 31.2 Å². The van der Waals surface area contributed by atoms with Crippen molar-refractivity contribution < 1.29 is 9.90 Å². The Bertz CT molecular complexity index is 828. The third-order valence-corrected chi connectivity index (χ3v) is 3.21. The largest absolute Gasteiger partial charge is 0.475 e. The number of halogens is 1. The zero-order chi connectivity index (χ0) is 14.3. The molecule has 0 fully saturated rings. The van der Waals surface area contributed by atoms with E-state index in [0.29, 0.717) is 22.1 Å². The number of aromatic nitrogens is 4. The lowest BCUT2D eigenvalue weighted by atomic mass is 10.2. The molecule has 0 radical (unpaired) electrons. The van der Waals surface area contributed by atoms with Gasteiger partial charge in [0.1, 0.15) is 5.82 Å². The maximum Gasteiger partial charge on any atom is 0.375 e. The van der Waals surface area contributed by atoms with E-state index >= 15 is 0 Å². The molecule has 20 heavy (non-hydrogen) atoms. The van der Waals surface area contributed by atoms with Crippen LogP contribution in [0.15, 0.2) is 30.5 Å². The van der Waals surface area contributed by atoms with Gasteiger partial charge in [-0.1, -0.05) is 11.6 Å². The molecule has 7 heteroatoms. The summed E-state index contributed by atoms with van der Waals surface area (Å²) in [6.45, 7) is 1.68. The molecule has 0 aliphatic carbocycles. The Morgan fingerprint density at radius 2 is 2.15 bits per heavy atom. The second-order valence-electron chi connectivity index (χ2n) is 4.17. The number of aromatic carboxylic acids is 1. The Balaban J connectivity index is 2.30. The average Bonchev–Trinajstić information content (AvgIpc) is 2.82. The van der Waals surface area contributed by atoms with E-state index in [0.717, 1.165) is 5.39 Å². The lowest BCUT2D eigenvalue weighted by molar-refractivity contribution is 0.0683. The third kappa shape index (κ3) is 1.90. The van der Waals surface area contributed by atoms with Crippen molar-refractivity contribution in [3.63, 3.8) is 0 Å². The highest BCUT2D eigenvalue weighted by Crippen LogP contribution is 2.27.